The monoisotopic (exact) mass is 464 g/mol. The average Bonchev–Trinajstić information content (AvgIpc) is 3.32. The molecule has 7 N–H and O–H groups in total. The highest BCUT2D eigenvalue weighted by molar-refractivity contribution is 7.07. The molecule has 0 fully saturated rings. The van der Waals surface area contributed by atoms with Crippen LogP contribution in [0.3, 0.4) is 0 Å². The Labute approximate surface area is 198 Å². The van der Waals surface area contributed by atoms with Crippen LogP contribution >= 0.6 is 11.3 Å². The van der Waals surface area contributed by atoms with Crippen LogP contribution in [0.4, 0.5) is 5.69 Å². The predicted octanol–water partition coefficient (Wildman–Crippen LogP) is 2.22. The predicted molar refractivity (Wildman–Crippen MR) is 134 cm³/mol. The van der Waals surface area contributed by atoms with Gasteiger partial charge >= 0.3 is 7.12 Å². The van der Waals surface area contributed by atoms with Crippen LogP contribution in [0.15, 0.2) is 89.4 Å². The number of rotatable bonds is 11. The van der Waals surface area contributed by atoms with Crippen molar-refractivity contribution in [3.8, 4) is 0 Å². The zero-order valence-corrected chi connectivity index (χ0v) is 19.1. The van der Waals surface area contributed by atoms with Crippen LogP contribution in [-0.2, 0) is 17.6 Å². The first-order valence-electron chi connectivity index (χ1n) is 10.7. The third-order valence-electron chi connectivity index (χ3n) is 5.26. The van der Waals surface area contributed by atoms with Crippen LogP contribution in [0.25, 0.3) is 0 Å². The fourth-order valence-electron chi connectivity index (χ4n) is 3.54. The summed E-state index contributed by atoms with van der Waals surface area (Å²) in [5.74, 6) is 4.46. The molecule has 0 aliphatic rings. The summed E-state index contributed by atoms with van der Waals surface area (Å²) in [7, 11) is -1.68. The van der Waals surface area contributed by atoms with Gasteiger partial charge in [-0.25, -0.2) is 5.84 Å². The number of para-hydroxylation sites is 1. The van der Waals surface area contributed by atoms with Crippen molar-refractivity contribution in [3.63, 3.8) is 0 Å². The minimum atomic E-state index is -1.68. The Morgan fingerprint density at radius 2 is 1.70 bits per heavy atom. The van der Waals surface area contributed by atoms with Gasteiger partial charge < -0.3 is 21.1 Å². The fraction of sp³-hybridized carbons (Fsp3) is 0.208. The number of nitrogens with zero attached hydrogens (tertiary/aromatic N) is 1. The number of hydrazine groups is 1. The first-order valence-corrected chi connectivity index (χ1v) is 11.6. The van der Waals surface area contributed by atoms with E-state index in [0.29, 0.717) is 18.5 Å². The second kappa shape index (κ2) is 12.2. The van der Waals surface area contributed by atoms with Crippen LogP contribution in [0.5, 0.6) is 0 Å². The number of nitrogens with one attached hydrogen (secondary N) is 1. The maximum Gasteiger partial charge on any atom is 0.475 e. The molecule has 3 rings (SSSR count). The van der Waals surface area contributed by atoms with E-state index in [1.54, 1.807) is 6.20 Å². The van der Waals surface area contributed by atoms with Crippen LogP contribution in [0.1, 0.15) is 17.5 Å². The molecule has 1 amide bonds. The zero-order valence-electron chi connectivity index (χ0n) is 18.2. The van der Waals surface area contributed by atoms with E-state index in [-0.39, 0.29) is 12.3 Å². The van der Waals surface area contributed by atoms with E-state index in [2.05, 4.69) is 5.32 Å². The minimum absolute atomic E-state index is 0.258. The third kappa shape index (κ3) is 7.76. The molecule has 2 atom stereocenters. The molecule has 1 aromatic heterocycles. The Balaban J connectivity index is 1.74. The molecule has 2 unspecified atom stereocenters. The van der Waals surface area contributed by atoms with E-state index in [0.717, 1.165) is 16.8 Å². The molecule has 0 aliphatic carbocycles. The van der Waals surface area contributed by atoms with Crippen molar-refractivity contribution in [2.75, 3.05) is 5.01 Å². The van der Waals surface area contributed by atoms with Gasteiger partial charge in [-0.3, -0.25) is 9.80 Å². The van der Waals surface area contributed by atoms with Gasteiger partial charge in [-0.1, -0.05) is 48.5 Å². The standard InChI is InChI=1S/C24H29BN4O3S/c26-21(16-29(27)22-9-5-2-6-10-22)15-20(13-18-7-3-1-4-8-18)24(30)28-23(25(31)32)14-19-11-12-33-17-19/h1-12,16-17,20,23,31-32H,13-15,26-27H2,(H,28,30)/b21-16-. The van der Waals surface area contributed by atoms with Gasteiger partial charge in [-0.2, -0.15) is 11.3 Å². The molecule has 7 nitrogen and oxygen atoms in total. The summed E-state index contributed by atoms with van der Waals surface area (Å²) >= 11 is 1.52. The molecule has 0 radical (unpaired) electrons. The number of amides is 1. The van der Waals surface area contributed by atoms with Crippen molar-refractivity contribution in [1.82, 2.24) is 5.32 Å². The summed E-state index contributed by atoms with van der Waals surface area (Å²) in [5, 5.41) is 27.7. The summed E-state index contributed by atoms with van der Waals surface area (Å²) in [4.78, 5) is 13.2. The molecule has 9 heteroatoms. The van der Waals surface area contributed by atoms with Crippen LogP contribution < -0.4 is 21.9 Å². The van der Waals surface area contributed by atoms with Crippen molar-refractivity contribution in [2.45, 2.75) is 25.2 Å². The number of hydrogen-bond donors (Lipinski definition) is 5. The molecule has 2 aromatic carbocycles. The third-order valence-corrected chi connectivity index (χ3v) is 5.99. The normalized spacial score (nSPS) is 13.2. The van der Waals surface area contributed by atoms with Gasteiger partial charge in [0.25, 0.3) is 0 Å². The Morgan fingerprint density at radius 1 is 1.03 bits per heavy atom. The van der Waals surface area contributed by atoms with Gasteiger partial charge in [-0.05, 0) is 52.9 Å². The first kappa shape index (κ1) is 24.5. The van der Waals surface area contributed by atoms with E-state index in [1.807, 2.05) is 77.5 Å². The van der Waals surface area contributed by atoms with Crippen LogP contribution in [-0.4, -0.2) is 29.0 Å². The molecule has 0 saturated heterocycles. The highest BCUT2D eigenvalue weighted by atomic mass is 32.1. The van der Waals surface area contributed by atoms with Gasteiger partial charge in [0.1, 0.15) is 0 Å². The van der Waals surface area contributed by atoms with Crippen LogP contribution in [0.2, 0.25) is 0 Å². The molecule has 0 saturated carbocycles. The second-order valence-electron chi connectivity index (χ2n) is 7.90. The van der Waals surface area contributed by atoms with Crippen molar-refractivity contribution in [1.29, 1.82) is 0 Å². The molecule has 33 heavy (non-hydrogen) atoms. The Bertz CT molecular complexity index is 1020. The lowest BCUT2D eigenvalue weighted by molar-refractivity contribution is -0.125. The quantitative estimate of drug-likeness (QED) is 0.168. The minimum Gasteiger partial charge on any atom is -0.426 e. The summed E-state index contributed by atoms with van der Waals surface area (Å²) in [6.45, 7) is 0. The number of hydrogen-bond acceptors (Lipinski definition) is 7. The van der Waals surface area contributed by atoms with Gasteiger partial charge in [0, 0.05) is 24.2 Å². The smallest absolute Gasteiger partial charge is 0.426 e. The van der Waals surface area contributed by atoms with Crippen molar-refractivity contribution < 1.29 is 14.8 Å². The number of carbonyl (C=O) groups is 1. The fourth-order valence-corrected chi connectivity index (χ4v) is 4.22. The maximum absolute atomic E-state index is 13.2. The largest absolute Gasteiger partial charge is 0.475 e. The Hall–Kier alpha value is -3.11. The second-order valence-corrected chi connectivity index (χ2v) is 8.68. The SMILES string of the molecule is N/C(=C\N(N)c1ccccc1)CC(Cc1ccccc1)C(=O)NC(Cc1ccsc1)B(O)O. The van der Waals surface area contributed by atoms with E-state index in [1.165, 1.54) is 16.3 Å². The number of nitrogens with two attached hydrogens (primary N) is 2. The first-order chi connectivity index (χ1) is 15.9. The molecule has 0 bridgehead atoms. The van der Waals surface area contributed by atoms with Crippen molar-refractivity contribution >= 4 is 30.0 Å². The van der Waals surface area contributed by atoms with Gasteiger partial charge in [0.2, 0.25) is 5.91 Å². The summed E-state index contributed by atoms with van der Waals surface area (Å²) in [6.07, 6.45) is 2.63. The van der Waals surface area contributed by atoms with Gasteiger partial charge in [0.05, 0.1) is 11.6 Å². The summed E-state index contributed by atoms with van der Waals surface area (Å²) in [5.41, 5.74) is 9.39. The lowest BCUT2D eigenvalue weighted by Gasteiger charge is -2.23. The lowest BCUT2D eigenvalue weighted by Crippen LogP contribution is -2.50. The summed E-state index contributed by atoms with van der Waals surface area (Å²) < 4.78 is 0. The molecule has 1 heterocycles. The topological polar surface area (TPSA) is 125 Å². The van der Waals surface area contributed by atoms with E-state index in [4.69, 9.17) is 11.6 Å². The number of carbonyl (C=O) groups excluding carboxylic acids is 1. The van der Waals surface area contributed by atoms with Crippen molar-refractivity contribution in [3.05, 3.63) is 101 Å². The van der Waals surface area contributed by atoms with Crippen LogP contribution in [0, 0.1) is 5.92 Å². The number of benzene rings is 2. The molecular weight excluding hydrogens is 435 g/mol. The number of allylic oxidation sites excluding steroid dienone is 1. The maximum atomic E-state index is 13.2. The number of thiophene rings is 1. The van der Waals surface area contributed by atoms with Gasteiger partial charge in [0.15, 0.2) is 0 Å². The summed E-state index contributed by atoms with van der Waals surface area (Å²) in [6, 6.07) is 20.9. The molecule has 0 aliphatic heterocycles. The average molecular weight is 464 g/mol. The number of anilines is 1. The molecule has 3 aromatic rings. The molecule has 0 spiro atoms. The van der Waals surface area contributed by atoms with E-state index >= 15 is 0 Å². The van der Waals surface area contributed by atoms with Gasteiger partial charge in [-0.15, -0.1) is 0 Å². The highest BCUT2D eigenvalue weighted by Gasteiger charge is 2.29. The lowest BCUT2D eigenvalue weighted by atomic mass is 9.75. The van der Waals surface area contributed by atoms with E-state index < -0.39 is 19.0 Å². The Morgan fingerprint density at radius 3 is 2.30 bits per heavy atom. The highest BCUT2D eigenvalue weighted by Crippen LogP contribution is 2.18. The molecule has 172 valence electrons. The molecular formula is C24H29BN4O3S. The Kier molecular flexibility index (Phi) is 9.09. The van der Waals surface area contributed by atoms with Crippen molar-refractivity contribution in [2.24, 2.45) is 17.5 Å². The zero-order chi connectivity index (χ0) is 23.6. The van der Waals surface area contributed by atoms with E-state index in [9.17, 15) is 14.8 Å².